The Labute approximate surface area is 117 Å². The molecule has 0 amide bonds. The zero-order valence-corrected chi connectivity index (χ0v) is 11.5. The van der Waals surface area contributed by atoms with E-state index < -0.39 is 5.24 Å². The van der Waals surface area contributed by atoms with Gasteiger partial charge in [-0.3, -0.25) is 4.79 Å². The molecule has 0 unspecified atom stereocenters. The summed E-state index contributed by atoms with van der Waals surface area (Å²) in [4.78, 5) is 11.2. The predicted molar refractivity (Wildman–Crippen MR) is 73.1 cm³/mol. The fourth-order valence-corrected chi connectivity index (χ4v) is 1.96. The monoisotopic (exact) mass is 280 g/mol. The fraction of sp³-hybridized carbons (Fsp3) is 0.533. The number of carbonyl (C=O) groups is 1. The van der Waals surface area contributed by atoms with Gasteiger partial charge in [0, 0.05) is 5.56 Å². The smallest absolute Gasteiger partial charge is 0.252 e. The highest BCUT2D eigenvalue weighted by Gasteiger charge is 2.24. The summed E-state index contributed by atoms with van der Waals surface area (Å²) < 4.78 is 11.5. The minimum absolute atomic E-state index is 0.450. The minimum atomic E-state index is -0.468. The van der Waals surface area contributed by atoms with Crippen LogP contribution in [0.5, 0.6) is 11.5 Å². The molecule has 0 aromatic heterocycles. The van der Waals surface area contributed by atoms with Gasteiger partial charge < -0.3 is 9.47 Å². The molecule has 1 aromatic rings. The van der Waals surface area contributed by atoms with E-state index in [-0.39, 0.29) is 0 Å². The third-order valence-corrected chi connectivity index (χ3v) is 3.73. The third-order valence-electron chi connectivity index (χ3n) is 3.51. The van der Waals surface area contributed by atoms with Crippen molar-refractivity contribution >= 4 is 16.8 Å². The fourth-order valence-electron chi connectivity index (χ4n) is 1.85. The van der Waals surface area contributed by atoms with Gasteiger partial charge in [0.1, 0.15) is 0 Å². The van der Waals surface area contributed by atoms with Gasteiger partial charge in [-0.25, -0.2) is 0 Å². The normalized spacial score (nSPS) is 18.2. The first-order valence-corrected chi connectivity index (χ1v) is 7.19. The average molecular weight is 281 g/mol. The lowest BCUT2D eigenvalue weighted by molar-refractivity contribution is 0.108. The molecule has 2 aliphatic rings. The Morgan fingerprint density at radius 3 is 2.16 bits per heavy atom. The molecule has 0 N–H and O–H groups in total. The van der Waals surface area contributed by atoms with E-state index in [4.69, 9.17) is 21.1 Å². The van der Waals surface area contributed by atoms with Gasteiger partial charge in [0.2, 0.25) is 0 Å². The van der Waals surface area contributed by atoms with Crippen molar-refractivity contribution in [2.75, 3.05) is 13.2 Å². The molecule has 2 saturated carbocycles. The van der Waals surface area contributed by atoms with Crippen LogP contribution in [-0.4, -0.2) is 18.5 Å². The summed E-state index contributed by atoms with van der Waals surface area (Å²) >= 11 is 5.50. The van der Waals surface area contributed by atoms with Crippen LogP contribution in [-0.2, 0) is 0 Å². The number of hydrogen-bond donors (Lipinski definition) is 0. The molecule has 1 aromatic carbocycles. The highest BCUT2D eigenvalue weighted by Crippen LogP contribution is 2.35. The van der Waals surface area contributed by atoms with E-state index in [0.29, 0.717) is 35.5 Å². The summed E-state index contributed by atoms with van der Waals surface area (Å²) in [6, 6.07) is 5.14. The maximum Gasteiger partial charge on any atom is 0.252 e. The van der Waals surface area contributed by atoms with Crippen LogP contribution >= 0.6 is 11.6 Å². The van der Waals surface area contributed by atoms with Crippen LogP contribution in [0.15, 0.2) is 18.2 Å². The van der Waals surface area contributed by atoms with Crippen LogP contribution in [0, 0.1) is 11.8 Å². The van der Waals surface area contributed by atoms with E-state index in [1.165, 1.54) is 25.7 Å². The van der Waals surface area contributed by atoms with Crippen molar-refractivity contribution in [1.82, 2.24) is 0 Å². The number of rotatable bonds is 7. The Balaban J connectivity index is 1.71. The maximum absolute atomic E-state index is 11.2. The Hall–Kier alpha value is -1.22. The molecule has 0 heterocycles. The molecular weight excluding hydrogens is 264 g/mol. The minimum Gasteiger partial charge on any atom is -0.489 e. The molecular formula is C15H17ClO3. The van der Waals surface area contributed by atoms with Crippen molar-refractivity contribution in [3.05, 3.63) is 23.8 Å². The third kappa shape index (κ3) is 3.63. The standard InChI is InChI=1S/C15H17ClO3/c16-15(17)12-5-6-13(18-8-10-1-2-10)14(7-12)19-9-11-3-4-11/h5-7,10-11H,1-4,8-9H2. The second-order valence-electron chi connectivity index (χ2n) is 5.44. The lowest BCUT2D eigenvalue weighted by Gasteiger charge is -2.13. The molecule has 3 rings (SSSR count). The summed E-state index contributed by atoms with van der Waals surface area (Å²) in [6.45, 7) is 1.42. The van der Waals surface area contributed by atoms with Gasteiger partial charge in [-0.05, 0) is 67.3 Å². The lowest BCUT2D eigenvalue weighted by Crippen LogP contribution is -2.05. The zero-order chi connectivity index (χ0) is 13.2. The van der Waals surface area contributed by atoms with E-state index in [1.807, 2.05) is 0 Å². The Kier molecular flexibility index (Phi) is 3.65. The van der Waals surface area contributed by atoms with Gasteiger partial charge in [0.05, 0.1) is 13.2 Å². The number of carbonyl (C=O) groups excluding carboxylic acids is 1. The van der Waals surface area contributed by atoms with Gasteiger partial charge in [-0.15, -0.1) is 0 Å². The van der Waals surface area contributed by atoms with Crippen LogP contribution in [0.2, 0.25) is 0 Å². The summed E-state index contributed by atoms with van der Waals surface area (Å²) in [5, 5.41) is -0.468. The van der Waals surface area contributed by atoms with Crippen molar-refractivity contribution in [3.8, 4) is 11.5 Å². The first kappa shape index (κ1) is 12.8. The number of benzene rings is 1. The molecule has 2 fully saturated rings. The zero-order valence-electron chi connectivity index (χ0n) is 10.7. The summed E-state index contributed by atoms with van der Waals surface area (Å²) in [6.07, 6.45) is 4.95. The number of halogens is 1. The number of ether oxygens (including phenoxy) is 2. The van der Waals surface area contributed by atoms with Gasteiger partial charge in [-0.2, -0.15) is 0 Å². The van der Waals surface area contributed by atoms with Crippen molar-refractivity contribution < 1.29 is 14.3 Å². The van der Waals surface area contributed by atoms with Crippen LogP contribution < -0.4 is 9.47 Å². The Morgan fingerprint density at radius 2 is 1.63 bits per heavy atom. The van der Waals surface area contributed by atoms with E-state index in [1.54, 1.807) is 18.2 Å². The van der Waals surface area contributed by atoms with Gasteiger partial charge >= 0.3 is 0 Å². The molecule has 0 radical (unpaired) electrons. The first-order valence-electron chi connectivity index (χ1n) is 6.82. The molecule has 0 atom stereocenters. The van der Waals surface area contributed by atoms with Crippen LogP contribution in [0.3, 0.4) is 0 Å². The first-order chi connectivity index (χ1) is 9.22. The van der Waals surface area contributed by atoms with Crippen molar-refractivity contribution in [2.45, 2.75) is 25.7 Å². The molecule has 0 aliphatic heterocycles. The molecule has 3 nitrogen and oxygen atoms in total. The summed E-state index contributed by atoms with van der Waals surface area (Å²) in [5.74, 6) is 2.70. The van der Waals surface area contributed by atoms with E-state index in [2.05, 4.69) is 0 Å². The average Bonchev–Trinajstić information content (AvgIpc) is 3.27. The van der Waals surface area contributed by atoms with Crippen molar-refractivity contribution in [2.24, 2.45) is 11.8 Å². The predicted octanol–water partition coefficient (Wildman–Crippen LogP) is 3.64. The topological polar surface area (TPSA) is 35.5 Å². The molecule has 0 spiro atoms. The van der Waals surface area contributed by atoms with Gasteiger partial charge in [0.25, 0.3) is 5.24 Å². The number of hydrogen-bond acceptors (Lipinski definition) is 3. The van der Waals surface area contributed by atoms with E-state index >= 15 is 0 Å². The van der Waals surface area contributed by atoms with E-state index in [9.17, 15) is 4.79 Å². The molecule has 102 valence electrons. The van der Waals surface area contributed by atoms with Gasteiger partial charge in [0.15, 0.2) is 11.5 Å². The Bertz CT molecular complexity index is 478. The summed E-state index contributed by atoms with van der Waals surface area (Å²) in [7, 11) is 0. The van der Waals surface area contributed by atoms with E-state index in [0.717, 1.165) is 6.61 Å². The maximum atomic E-state index is 11.2. The quantitative estimate of drug-likeness (QED) is 0.715. The van der Waals surface area contributed by atoms with Crippen LogP contribution in [0.4, 0.5) is 0 Å². The van der Waals surface area contributed by atoms with Crippen LogP contribution in [0.1, 0.15) is 36.0 Å². The second-order valence-corrected chi connectivity index (χ2v) is 5.79. The molecule has 4 heteroatoms. The largest absolute Gasteiger partial charge is 0.489 e. The molecule has 19 heavy (non-hydrogen) atoms. The van der Waals surface area contributed by atoms with Crippen LogP contribution in [0.25, 0.3) is 0 Å². The SMILES string of the molecule is O=C(Cl)c1ccc(OCC2CC2)c(OCC2CC2)c1. The summed E-state index contributed by atoms with van der Waals surface area (Å²) in [5.41, 5.74) is 0.450. The van der Waals surface area contributed by atoms with Crippen molar-refractivity contribution in [1.29, 1.82) is 0 Å². The highest BCUT2D eigenvalue weighted by atomic mass is 35.5. The molecule has 0 saturated heterocycles. The Morgan fingerprint density at radius 1 is 1.05 bits per heavy atom. The van der Waals surface area contributed by atoms with Gasteiger partial charge in [-0.1, -0.05) is 0 Å². The molecule has 0 bridgehead atoms. The lowest BCUT2D eigenvalue weighted by atomic mass is 10.2. The molecule has 2 aliphatic carbocycles. The highest BCUT2D eigenvalue weighted by molar-refractivity contribution is 6.67. The van der Waals surface area contributed by atoms with Crippen molar-refractivity contribution in [3.63, 3.8) is 0 Å². The second kappa shape index (κ2) is 5.41.